The minimum absolute atomic E-state index is 0.319. The zero-order valence-electron chi connectivity index (χ0n) is 11.6. The van der Waals surface area contributed by atoms with Gasteiger partial charge in [-0.3, -0.25) is 0 Å². The molecule has 1 atom stereocenters. The van der Waals surface area contributed by atoms with Crippen LogP contribution in [0.4, 0.5) is 0 Å². The first kappa shape index (κ1) is 14.8. The molecule has 4 heteroatoms. The fourth-order valence-corrected chi connectivity index (χ4v) is 2.62. The first-order valence-corrected chi connectivity index (χ1v) is 7.73. The topological polar surface area (TPSA) is 30.5 Å². The van der Waals surface area contributed by atoms with E-state index in [2.05, 4.69) is 41.2 Å². The van der Waals surface area contributed by atoms with Gasteiger partial charge in [0.25, 0.3) is 0 Å². The largest absolute Gasteiger partial charge is 0.493 e. The molecule has 1 N–H and O–H groups in total. The van der Waals surface area contributed by atoms with Crippen molar-refractivity contribution in [1.82, 2.24) is 5.32 Å². The number of ether oxygens (including phenoxy) is 2. The van der Waals surface area contributed by atoms with Crippen LogP contribution in [-0.2, 0) is 4.74 Å². The molecule has 0 amide bonds. The van der Waals surface area contributed by atoms with Gasteiger partial charge in [0, 0.05) is 29.1 Å². The highest BCUT2D eigenvalue weighted by Gasteiger charge is 2.20. The SMILES string of the molecule is CC(C)OCCCNC1CCOc2ccc(Br)cc21. The lowest BCUT2D eigenvalue weighted by Gasteiger charge is -2.27. The van der Waals surface area contributed by atoms with E-state index >= 15 is 0 Å². The number of rotatable bonds is 6. The van der Waals surface area contributed by atoms with Gasteiger partial charge in [-0.25, -0.2) is 0 Å². The summed E-state index contributed by atoms with van der Waals surface area (Å²) < 4.78 is 12.3. The van der Waals surface area contributed by atoms with Crippen LogP contribution in [0.25, 0.3) is 0 Å². The molecule has 0 saturated carbocycles. The fourth-order valence-electron chi connectivity index (χ4n) is 2.24. The Morgan fingerprint density at radius 2 is 2.32 bits per heavy atom. The van der Waals surface area contributed by atoms with Crippen LogP contribution in [-0.4, -0.2) is 25.9 Å². The molecular formula is C15H22BrNO2. The minimum atomic E-state index is 0.319. The molecule has 2 rings (SSSR count). The molecule has 1 aromatic carbocycles. The first-order valence-electron chi connectivity index (χ1n) is 6.94. The number of fused-ring (bicyclic) bond motifs is 1. The van der Waals surface area contributed by atoms with Crippen molar-refractivity contribution in [3.05, 3.63) is 28.2 Å². The van der Waals surface area contributed by atoms with E-state index in [9.17, 15) is 0 Å². The van der Waals surface area contributed by atoms with Gasteiger partial charge < -0.3 is 14.8 Å². The summed E-state index contributed by atoms with van der Waals surface area (Å²) in [6, 6.07) is 6.60. The van der Waals surface area contributed by atoms with Gasteiger partial charge in [-0.05, 0) is 45.0 Å². The van der Waals surface area contributed by atoms with Crippen LogP contribution in [0.5, 0.6) is 5.75 Å². The van der Waals surface area contributed by atoms with Crippen molar-refractivity contribution in [2.24, 2.45) is 0 Å². The lowest BCUT2D eigenvalue weighted by atomic mass is 10.0. The number of nitrogens with one attached hydrogen (secondary N) is 1. The van der Waals surface area contributed by atoms with Crippen molar-refractivity contribution >= 4 is 15.9 Å². The molecule has 0 saturated heterocycles. The molecule has 0 aliphatic carbocycles. The molecule has 0 radical (unpaired) electrons. The highest BCUT2D eigenvalue weighted by atomic mass is 79.9. The van der Waals surface area contributed by atoms with E-state index in [1.165, 1.54) is 5.56 Å². The monoisotopic (exact) mass is 327 g/mol. The summed E-state index contributed by atoms with van der Waals surface area (Å²) in [6.07, 6.45) is 2.38. The average Bonchev–Trinajstić information content (AvgIpc) is 2.38. The van der Waals surface area contributed by atoms with Gasteiger partial charge in [0.15, 0.2) is 0 Å². The third kappa shape index (κ3) is 4.48. The molecule has 0 bridgehead atoms. The number of hydrogen-bond donors (Lipinski definition) is 1. The molecule has 106 valence electrons. The average molecular weight is 328 g/mol. The number of hydrogen-bond acceptors (Lipinski definition) is 3. The Hall–Kier alpha value is -0.580. The molecule has 0 fully saturated rings. The quantitative estimate of drug-likeness (QED) is 0.808. The van der Waals surface area contributed by atoms with Crippen LogP contribution in [0, 0.1) is 0 Å². The molecule has 1 unspecified atom stereocenters. The Morgan fingerprint density at radius 3 is 3.11 bits per heavy atom. The lowest BCUT2D eigenvalue weighted by molar-refractivity contribution is 0.0764. The van der Waals surface area contributed by atoms with Gasteiger partial charge in [-0.2, -0.15) is 0 Å². The minimum Gasteiger partial charge on any atom is -0.493 e. The zero-order valence-corrected chi connectivity index (χ0v) is 13.2. The molecule has 1 aliphatic rings. The molecule has 19 heavy (non-hydrogen) atoms. The summed E-state index contributed by atoms with van der Waals surface area (Å²) in [4.78, 5) is 0. The van der Waals surface area contributed by atoms with E-state index in [1.807, 2.05) is 12.1 Å². The van der Waals surface area contributed by atoms with Gasteiger partial charge in [-0.1, -0.05) is 15.9 Å². The molecule has 0 aromatic heterocycles. The van der Waals surface area contributed by atoms with Crippen molar-refractivity contribution < 1.29 is 9.47 Å². The summed E-state index contributed by atoms with van der Waals surface area (Å²) in [5.41, 5.74) is 1.26. The Labute approximate surface area is 123 Å². The van der Waals surface area contributed by atoms with E-state index in [0.717, 1.165) is 42.8 Å². The summed E-state index contributed by atoms with van der Waals surface area (Å²) in [6.45, 7) is 6.72. The summed E-state index contributed by atoms with van der Waals surface area (Å²) in [7, 11) is 0. The molecule has 1 aliphatic heterocycles. The van der Waals surface area contributed by atoms with Crippen molar-refractivity contribution in [1.29, 1.82) is 0 Å². The lowest BCUT2D eigenvalue weighted by Crippen LogP contribution is -2.28. The van der Waals surface area contributed by atoms with Crippen LogP contribution >= 0.6 is 15.9 Å². The highest BCUT2D eigenvalue weighted by Crippen LogP contribution is 2.33. The van der Waals surface area contributed by atoms with Crippen molar-refractivity contribution in [3.8, 4) is 5.75 Å². The van der Waals surface area contributed by atoms with Crippen LogP contribution in [0.3, 0.4) is 0 Å². The van der Waals surface area contributed by atoms with E-state index in [1.54, 1.807) is 0 Å². The molecule has 3 nitrogen and oxygen atoms in total. The predicted octanol–water partition coefficient (Wildman–Crippen LogP) is 3.68. The fraction of sp³-hybridized carbons (Fsp3) is 0.600. The second kappa shape index (κ2) is 7.27. The normalized spacial score (nSPS) is 18.2. The zero-order chi connectivity index (χ0) is 13.7. The standard InChI is InChI=1S/C15H22BrNO2/c1-11(2)18-8-3-7-17-14-6-9-19-15-5-4-12(16)10-13(14)15/h4-5,10-11,14,17H,3,6-9H2,1-2H3. The third-order valence-electron chi connectivity index (χ3n) is 3.17. The maximum Gasteiger partial charge on any atom is 0.124 e. The van der Waals surface area contributed by atoms with Crippen LogP contribution in [0.2, 0.25) is 0 Å². The summed E-state index contributed by atoms with van der Waals surface area (Å²) in [5.74, 6) is 1.00. The Balaban J connectivity index is 1.84. The number of halogens is 1. The van der Waals surface area contributed by atoms with Gasteiger partial charge in [0.05, 0.1) is 12.7 Å². The van der Waals surface area contributed by atoms with Crippen LogP contribution in [0.1, 0.15) is 38.3 Å². The predicted molar refractivity (Wildman–Crippen MR) is 80.7 cm³/mol. The molecule has 1 heterocycles. The maximum absolute atomic E-state index is 5.68. The Bertz CT molecular complexity index is 409. The maximum atomic E-state index is 5.68. The summed E-state index contributed by atoms with van der Waals surface area (Å²) in [5, 5.41) is 3.60. The van der Waals surface area contributed by atoms with Crippen molar-refractivity contribution in [2.45, 2.75) is 38.8 Å². The van der Waals surface area contributed by atoms with Crippen molar-refractivity contribution in [2.75, 3.05) is 19.8 Å². The van der Waals surface area contributed by atoms with Gasteiger partial charge in [-0.15, -0.1) is 0 Å². The molecular weight excluding hydrogens is 306 g/mol. The molecule has 0 spiro atoms. The van der Waals surface area contributed by atoms with E-state index in [-0.39, 0.29) is 0 Å². The third-order valence-corrected chi connectivity index (χ3v) is 3.67. The summed E-state index contributed by atoms with van der Waals surface area (Å²) >= 11 is 3.52. The highest BCUT2D eigenvalue weighted by molar-refractivity contribution is 9.10. The molecule has 1 aromatic rings. The van der Waals surface area contributed by atoms with E-state index < -0.39 is 0 Å². The van der Waals surface area contributed by atoms with E-state index in [0.29, 0.717) is 12.1 Å². The van der Waals surface area contributed by atoms with Crippen molar-refractivity contribution in [3.63, 3.8) is 0 Å². The van der Waals surface area contributed by atoms with Gasteiger partial charge in [0.1, 0.15) is 5.75 Å². The van der Waals surface area contributed by atoms with Gasteiger partial charge in [0.2, 0.25) is 0 Å². The van der Waals surface area contributed by atoms with E-state index in [4.69, 9.17) is 9.47 Å². The Kier molecular flexibility index (Phi) is 5.67. The van der Waals surface area contributed by atoms with Crippen LogP contribution in [0.15, 0.2) is 22.7 Å². The first-order chi connectivity index (χ1) is 9.16. The smallest absolute Gasteiger partial charge is 0.124 e. The van der Waals surface area contributed by atoms with Gasteiger partial charge >= 0.3 is 0 Å². The second-order valence-electron chi connectivity index (χ2n) is 5.10. The Morgan fingerprint density at radius 1 is 1.47 bits per heavy atom. The second-order valence-corrected chi connectivity index (χ2v) is 6.01. The van der Waals surface area contributed by atoms with Crippen LogP contribution < -0.4 is 10.1 Å². The number of benzene rings is 1.